The number of hydrogen-bond acceptors (Lipinski definition) is 2. The summed E-state index contributed by atoms with van der Waals surface area (Å²) in [6, 6.07) is 3.81. The van der Waals surface area contributed by atoms with Gasteiger partial charge in [-0.25, -0.2) is 0 Å². The third-order valence-corrected chi connectivity index (χ3v) is 4.54. The predicted octanol–water partition coefficient (Wildman–Crippen LogP) is 4.97. The van der Waals surface area contributed by atoms with E-state index < -0.39 is 0 Å². The Labute approximate surface area is 139 Å². The molecule has 112 valence electrons. The maximum Gasteiger partial charge on any atom is 0.0745 e. The first-order valence-corrected chi connectivity index (χ1v) is 8.45. The van der Waals surface area contributed by atoms with Crippen molar-refractivity contribution in [3.8, 4) is 0 Å². The van der Waals surface area contributed by atoms with E-state index in [1.807, 2.05) is 12.1 Å². The van der Waals surface area contributed by atoms with E-state index in [1.165, 1.54) is 6.42 Å². The summed E-state index contributed by atoms with van der Waals surface area (Å²) in [6.07, 6.45) is 1.17. The summed E-state index contributed by atoms with van der Waals surface area (Å²) >= 11 is 16.1. The van der Waals surface area contributed by atoms with Crippen LogP contribution in [-0.2, 0) is 0 Å². The van der Waals surface area contributed by atoms with Crippen molar-refractivity contribution < 1.29 is 0 Å². The van der Waals surface area contributed by atoms with Crippen LogP contribution in [0.2, 0.25) is 10.0 Å². The van der Waals surface area contributed by atoms with Gasteiger partial charge in [0.15, 0.2) is 0 Å². The molecule has 1 aromatic rings. The second-order valence-corrected chi connectivity index (χ2v) is 8.18. The first kappa shape index (κ1) is 16.4. The Morgan fingerprint density at radius 1 is 1.30 bits per heavy atom. The monoisotopic (exact) mass is 378 g/mol. The highest BCUT2D eigenvalue weighted by molar-refractivity contribution is 9.10. The van der Waals surface area contributed by atoms with Crippen molar-refractivity contribution in [3.05, 3.63) is 26.7 Å². The second-order valence-electron chi connectivity index (χ2n) is 6.45. The van der Waals surface area contributed by atoms with Crippen LogP contribution < -0.4 is 10.2 Å². The van der Waals surface area contributed by atoms with E-state index in [0.29, 0.717) is 16.0 Å². The first-order valence-electron chi connectivity index (χ1n) is 6.91. The van der Waals surface area contributed by atoms with Crippen molar-refractivity contribution in [3.63, 3.8) is 0 Å². The fourth-order valence-electron chi connectivity index (χ4n) is 2.49. The lowest BCUT2D eigenvalue weighted by Crippen LogP contribution is -2.39. The molecule has 1 N–H and O–H groups in total. The van der Waals surface area contributed by atoms with Crippen LogP contribution in [-0.4, -0.2) is 25.2 Å². The number of halogens is 3. The van der Waals surface area contributed by atoms with E-state index in [1.54, 1.807) is 0 Å². The summed E-state index contributed by atoms with van der Waals surface area (Å²) in [5.41, 5.74) is 1.13. The molecule has 1 heterocycles. The van der Waals surface area contributed by atoms with Gasteiger partial charge in [-0.3, -0.25) is 0 Å². The molecule has 0 spiro atoms. The van der Waals surface area contributed by atoms with Crippen molar-refractivity contribution in [2.24, 2.45) is 5.92 Å². The summed E-state index contributed by atoms with van der Waals surface area (Å²) in [5, 5.41) is 5.01. The summed E-state index contributed by atoms with van der Waals surface area (Å²) in [7, 11) is 0. The molecule has 0 amide bonds. The zero-order valence-corrected chi connectivity index (χ0v) is 15.2. The quantitative estimate of drug-likeness (QED) is 0.797. The molecule has 0 radical (unpaired) electrons. The van der Waals surface area contributed by atoms with E-state index in [2.05, 4.69) is 46.9 Å². The minimum absolute atomic E-state index is 0.167. The molecule has 2 rings (SSSR count). The third-order valence-electron chi connectivity index (χ3n) is 3.50. The fourth-order valence-corrected chi connectivity index (χ4v) is 3.94. The average molecular weight is 380 g/mol. The van der Waals surface area contributed by atoms with Crippen LogP contribution in [0, 0.1) is 5.92 Å². The lowest BCUT2D eigenvalue weighted by Gasteiger charge is -2.24. The number of benzene rings is 1. The summed E-state index contributed by atoms with van der Waals surface area (Å²) in [6.45, 7) is 9.64. The molecular formula is C15H21BrCl2N2. The Hall–Kier alpha value is 0.0400. The van der Waals surface area contributed by atoms with Crippen molar-refractivity contribution >= 4 is 44.8 Å². The molecule has 2 nitrogen and oxygen atoms in total. The van der Waals surface area contributed by atoms with Crippen LogP contribution in [0.3, 0.4) is 0 Å². The van der Waals surface area contributed by atoms with E-state index in [9.17, 15) is 0 Å². The van der Waals surface area contributed by atoms with E-state index >= 15 is 0 Å². The predicted molar refractivity (Wildman–Crippen MR) is 92.2 cm³/mol. The SMILES string of the molecule is CC(C)(C)NCC1CCN(c2c(Cl)cc(Br)cc2Cl)C1. The number of hydrogen-bond donors (Lipinski definition) is 1. The van der Waals surface area contributed by atoms with Gasteiger partial charge in [0, 0.05) is 29.6 Å². The van der Waals surface area contributed by atoms with Crippen molar-refractivity contribution in [1.29, 1.82) is 0 Å². The Morgan fingerprint density at radius 2 is 1.90 bits per heavy atom. The minimum Gasteiger partial charge on any atom is -0.369 e. The van der Waals surface area contributed by atoms with Crippen LogP contribution in [0.1, 0.15) is 27.2 Å². The Balaban J connectivity index is 2.03. The first-order chi connectivity index (χ1) is 9.26. The largest absolute Gasteiger partial charge is 0.369 e. The summed E-state index contributed by atoms with van der Waals surface area (Å²) in [4.78, 5) is 2.30. The summed E-state index contributed by atoms with van der Waals surface area (Å²) in [5.74, 6) is 0.644. The van der Waals surface area contributed by atoms with Crippen LogP contribution in [0.15, 0.2) is 16.6 Å². The molecule has 1 fully saturated rings. The molecule has 1 unspecified atom stereocenters. The van der Waals surface area contributed by atoms with Gasteiger partial charge in [-0.15, -0.1) is 0 Å². The van der Waals surface area contributed by atoms with Crippen LogP contribution in [0.25, 0.3) is 0 Å². The topological polar surface area (TPSA) is 15.3 Å². The van der Waals surface area contributed by atoms with Crippen LogP contribution in [0.4, 0.5) is 5.69 Å². The van der Waals surface area contributed by atoms with Crippen LogP contribution in [0.5, 0.6) is 0 Å². The highest BCUT2D eigenvalue weighted by atomic mass is 79.9. The van der Waals surface area contributed by atoms with Gasteiger partial charge >= 0.3 is 0 Å². The number of rotatable bonds is 3. The van der Waals surface area contributed by atoms with Gasteiger partial charge in [0.05, 0.1) is 15.7 Å². The van der Waals surface area contributed by atoms with Gasteiger partial charge in [-0.1, -0.05) is 39.1 Å². The molecule has 1 saturated heterocycles. The molecule has 0 bridgehead atoms. The normalized spacial score (nSPS) is 19.7. The number of anilines is 1. The zero-order chi connectivity index (χ0) is 14.9. The summed E-state index contributed by atoms with van der Waals surface area (Å²) < 4.78 is 0.918. The fraction of sp³-hybridized carbons (Fsp3) is 0.600. The molecule has 1 aromatic carbocycles. The number of nitrogens with zero attached hydrogens (tertiary/aromatic N) is 1. The van der Waals surface area contributed by atoms with Gasteiger partial charge in [-0.05, 0) is 45.2 Å². The van der Waals surface area contributed by atoms with Crippen LogP contribution >= 0.6 is 39.1 Å². The standard InChI is InChI=1S/C15H21BrCl2N2/c1-15(2,3)19-8-10-4-5-20(9-10)14-12(17)6-11(16)7-13(14)18/h6-7,10,19H,4-5,8-9H2,1-3H3. The van der Waals surface area contributed by atoms with Gasteiger partial charge in [0.2, 0.25) is 0 Å². The highest BCUT2D eigenvalue weighted by Crippen LogP contribution is 2.38. The molecule has 1 aliphatic rings. The van der Waals surface area contributed by atoms with Crippen molar-refractivity contribution in [2.75, 3.05) is 24.5 Å². The number of nitrogens with one attached hydrogen (secondary N) is 1. The van der Waals surface area contributed by atoms with Gasteiger partial charge in [0.1, 0.15) is 0 Å². The van der Waals surface area contributed by atoms with E-state index in [-0.39, 0.29) is 5.54 Å². The molecule has 1 atom stereocenters. The molecule has 0 saturated carbocycles. The van der Waals surface area contributed by atoms with E-state index in [4.69, 9.17) is 23.2 Å². The third kappa shape index (κ3) is 4.27. The lowest BCUT2D eigenvalue weighted by atomic mass is 10.1. The van der Waals surface area contributed by atoms with Crippen molar-refractivity contribution in [2.45, 2.75) is 32.7 Å². The minimum atomic E-state index is 0.167. The van der Waals surface area contributed by atoms with Gasteiger partial charge in [0.25, 0.3) is 0 Å². The van der Waals surface area contributed by atoms with Gasteiger partial charge < -0.3 is 10.2 Å². The molecule has 0 aromatic heterocycles. The van der Waals surface area contributed by atoms with E-state index in [0.717, 1.165) is 29.8 Å². The maximum atomic E-state index is 6.34. The second kappa shape index (κ2) is 6.43. The highest BCUT2D eigenvalue weighted by Gasteiger charge is 2.26. The Morgan fingerprint density at radius 3 is 2.45 bits per heavy atom. The average Bonchev–Trinajstić information content (AvgIpc) is 2.72. The molecule has 1 aliphatic heterocycles. The van der Waals surface area contributed by atoms with Gasteiger partial charge in [-0.2, -0.15) is 0 Å². The van der Waals surface area contributed by atoms with Crippen molar-refractivity contribution in [1.82, 2.24) is 5.32 Å². The Kier molecular flexibility index (Phi) is 5.28. The Bertz CT molecular complexity index is 462. The molecule has 5 heteroatoms. The molecule has 20 heavy (non-hydrogen) atoms. The maximum absolute atomic E-state index is 6.34. The smallest absolute Gasteiger partial charge is 0.0745 e. The zero-order valence-electron chi connectivity index (χ0n) is 12.1. The molecular weight excluding hydrogens is 359 g/mol. The lowest BCUT2D eigenvalue weighted by molar-refractivity contribution is 0.383. The molecule has 0 aliphatic carbocycles.